The van der Waals surface area contributed by atoms with Crippen molar-refractivity contribution in [3.63, 3.8) is 0 Å². The number of ketones is 2. The third kappa shape index (κ3) is 6.85. The summed E-state index contributed by atoms with van der Waals surface area (Å²) in [6.07, 6.45) is 0.499. The van der Waals surface area contributed by atoms with E-state index in [0.29, 0.717) is 11.1 Å². The quantitative estimate of drug-likeness (QED) is 0.292. The molecule has 0 radical (unpaired) electrons. The van der Waals surface area contributed by atoms with E-state index < -0.39 is 28.8 Å². The first kappa shape index (κ1) is 25.3. The maximum atomic E-state index is 13.1. The van der Waals surface area contributed by atoms with Crippen LogP contribution in [-0.4, -0.2) is 63.9 Å². The monoisotopic (exact) mass is 508 g/mol. The topological polar surface area (TPSA) is 83.6 Å². The molecule has 172 valence electrons. The molecule has 0 spiro atoms. The van der Waals surface area contributed by atoms with E-state index >= 15 is 0 Å². The predicted molar refractivity (Wildman–Crippen MR) is 144 cm³/mol. The van der Waals surface area contributed by atoms with Crippen molar-refractivity contribution in [2.75, 3.05) is 52.3 Å². The fraction of sp³-hybridized carbons (Fsp3) is 0.364. The summed E-state index contributed by atoms with van der Waals surface area (Å²) < 4.78 is 20.8. The number of carbonyl (C=O) groups is 2. The number of benzene rings is 2. The number of hydrogen-bond acceptors (Lipinski definition) is 6. The normalized spacial score (nSPS) is 26.2. The van der Waals surface area contributed by atoms with E-state index in [0.717, 1.165) is 0 Å². The van der Waals surface area contributed by atoms with Gasteiger partial charge in [-0.05, 0) is 40.0 Å². The van der Waals surface area contributed by atoms with Gasteiger partial charge in [0.25, 0.3) is 0 Å². The number of nitrogens with zero attached hydrogens (tertiary/aromatic N) is 4. The second kappa shape index (κ2) is 9.52. The van der Waals surface area contributed by atoms with Crippen LogP contribution in [0.2, 0.25) is 0 Å². The lowest BCUT2D eigenvalue weighted by molar-refractivity contribution is 0.101. The van der Waals surface area contributed by atoms with Gasteiger partial charge in [-0.25, -0.2) is 18.1 Å². The Bertz CT molecular complexity index is 1190. The first-order chi connectivity index (χ1) is 14.8. The highest BCUT2D eigenvalue weighted by Gasteiger charge is 2.29. The average Bonchev–Trinajstić information content (AvgIpc) is 2.65. The standard InChI is InChI=1S/C22H32N4O2P4/c1-29(2)23-30(3,4)25-32(6,18-22(28)20-15-11-8-12-16-20)26-31(5,24-29)17-21(27)19-13-9-7-10-14-19/h7-16H,17-18H2,1-6H3. The van der Waals surface area contributed by atoms with Crippen molar-refractivity contribution < 1.29 is 9.59 Å². The molecule has 6 nitrogen and oxygen atoms in total. The zero-order chi connectivity index (χ0) is 23.6. The van der Waals surface area contributed by atoms with Gasteiger partial charge in [0.15, 0.2) is 11.6 Å². The van der Waals surface area contributed by atoms with Gasteiger partial charge in [-0.15, -0.1) is 0 Å². The molecule has 0 saturated carbocycles. The second-order valence-corrected chi connectivity index (χ2v) is 22.3. The third-order valence-electron chi connectivity index (χ3n) is 4.72. The summed E-state index contributed by atoms with van der Waals surface area (Å²) in [5.41, 5.74) is 1.33. The molecule has 2 aromatic rings. The molecule has 0 saturated heterocycles. The third-order valence-corrected chi connectivity index (χ3v) is 19.7. The summed E-state index contributed by atoms with van der Waals surface area (Å²) in [6, 6.07) is 18.6. The molecular weight excluding hydrogens is 476 g/mol. The fourth-order valence-electron chi connectivity index (χ4n) is 4.07. The first-order valence-electron chi connectivity index (χ1n) is 10.4. The highest BCUT2D eigenvalue weighted by molar-refractivity contribution is 7.87. The largest absolute Gasteiger partial charge is 0.294 e. The number of rotatable bonds is 6. The van der Waals surface area contributed by atoms with Crippen LogP contribution in [0.25, 0.3) is 0 Å². The van der Waals surface area contributed by atoms with E-state index in [1.165, 1.54) is 0 Å². The van der Waals surface area contributed by atoms with Gasteiger partial charge < -0.3 is 0 Å². The second-order valence-electron chi connectivity index (χ2n) is 9.10. The van der Waals surface area contributed by atoms with E-state index in [1.54, 1.807) is 0 Å². The van der Waals surface area contributed by atoms with Crippen LogP contribution >= 0.6 is 28.8 Å². The lowest BCUT2D eigenvalue weighted by Gasteiger charge is -2.29. The zero-order valence-electron chi connectivity index (χ0n) is 19.6. The van der Waals surface area contributed by atoms with Crippen molar-refractivity contribution >= 4 is 40.4 Å². The maximum absolute atomic E-state index is 13.1. The Balaban J connectivity index is 2.12. The van der Waals surface area contributed by atoms with Crippen LogP contribution in [0.15, 0.2) is 78.7 Å². The van der Waals surface area contributed by atoms with Crippen molar-refractivity contribution in [2.24, 2.45) is 18.1 Å². The summed E-state index contributed by atoms with van der Waals surface area (Å²) in [6.45, 7) is 12.3. The molecule has 0 amide bonds. The molecule has 0 N–H and O–H groups in total. The number of carbonyl (C=O) groups excluding carboxylic acids is 2. The molecule has 3 rings (SSSR count). The number of Topliss-reactive ketones (excluding diaryl/α,β-unsaturated/α-hetero) is 2. The molecule has 0 fully saturated rings. The van der Waals surface area contributed by atoms with Gasteiger partial charge in [-0.1, -0.05) is 60.7 Å². The molecule has 1 heterocycles. The molecule has 32 heavy (non-hydrogen) atoms. The minimum absolute atomic E-state index is 0.0319. The highest BCUT2D eigenvalue weighted by atomic mass is 31.3. The van der Waals surface area contributed by atoms with Crippen LogP contribution in [-0.2, 0) is 0 Å². The zero-order valence-corrected chi connectivity index (χ0v) is 23.2. The molecule has 1 aliphatic rings. The first-order valence-corrected chi connectivity index (χ1v) is 20.2. The minimum Gasteiger partial charge on any atom is -0.294 e. The van der Waals surface area contributed by atoms with E-state index in [4.69, 9.17) is 18.1 Å². The van der Waals surface area contributed by atoms with Crippen LogP contribution in [0.1, 0.15) is 20.7 Å². The molecule has 0 aliphatic carbocycles. The molecule has 1 aliphatic heterocycles. The molecule has 10 heteroatoms. The van der Waals surface area contributed by atoms with Crippen molar-refractivity contribution in [1.29, 1.82) is 0 Å². The molecule has 2 unspecified atom stereocenters. The Morgan fingerprint density at radius 1 is 0.562 bits per heavy atom. The molecule has 2 atom stereocenters. The van der Waals surface area contributed by atoms with Gasteiger partial charge in [0.05, 0.1) is 41.1 Å². The Labute approximate surface area is 192 Å². The molecular formula is C22H32N4O2P4. The Kier molecular flexibility index (Phi) is 7.53. The summed E-state index contributed by atoms with van der Waals surface area (Å²) in [7, 11) is -8.86. The summed E-state index contributed by atoms with van der Waals surface area (Å²) in [5.74, 6) is 0.0639. The van der Waals surface area contributed by atoms with Gasteiger partial charge in [0.2, 0.25) is 0 Å². The van der Waals surface area contributed by atoms with E-state index in [2.05, 4.69) is 26.7 Å². The van der Waals surface area contributed by atoms with Crippen molar-refractivity contribution in [3.05, 3.63) is 71.8 Å². The SMILES string of the molecule is CP1(C)=NP(C)(C)=NP(C)(CC(=O)c2ccccc2)=NP(C)(CC(=O)c2ccccc2)=N1. The average molecular weight is 508 g/mol. The Morgan fingerprint density at radius 2 is 0.938 bits per heavy atom. The van der Waals surface area contributed by atoms with Crippen LogP contribution < -0.4 is 0 Å². The van der Waals surface area contributed by atoms with Gasteiger partial charge >= 0.3 is 0 Å². The lowest BCUT2D eigenvalue weighted by atomic mass is 10.2. The Hall–Kier alpha value is -1.30. The van der Waals surface area contributed by atoms with Gasteiger partial charge in [0, 0.05) is 11.1 Å². The molecule has 2 aromatic carbocycles. The predicted octanol–water partition coefficient (Wildman–Crippen LogP) is 8.01. The van der Waals surface area contributed by atoms with Crippen molar-refractivity contribution in [1.82, 2.24) is 0 Å². The van der Waals surface area contributed by atoms with Crippen LogP contribution in [0.5, 0.6) is 0 Å². The van der Waals surface area contributed by atoms with Gasteiger partial charge in [-0.3, -0.25) is 9.59 Å². The minimum atomic E-state index is -2.43. The fourth-order valence-corrected chi connectivity index (χ4v) is 23.5. The highest BCUT2D eigenvalue weighted by Crippen LogP contribution is 2.74. The summed E-state index contributed by atoms with van der Waals surface area (Å²) in [4.78, 5) is 26.2. The van der Waals surface area contributed by atoms with Crippen molar-refractivity contribution in [3.8, 4) is 0 Å². The molecule has 0 bridgehead atoms. The lowest BCUT2D eigenvalue weighted by Crippen LogP contribution is -2.08. The van der Waals surface area contributed by atoms with Crippen LogP contribution in [0.3, 0.4) is 0 Å². The van der Waals surface area contributed by atoms with E-state index in [-0.39, 0.29) is 23.9 Å². The van der Waals surface area contributed by atoms with E-state index in [1.807, 2.05) is 74.0 Å². The Morgan fingerprint density at radius 3 is 1.38 bits per heavy atom. The maximum Gasteiger partial charge on any atom is 0.170 e. The summed E-state index contributed by atoms with van der Waals surface area (Å²) >= 11 is 0. The summed E-state index contributed by atoms with van der Waals surface area (Å²) in [5, 5.41) is 0. The van der Waals surface area contributed by atoms with Crippen molar-refractivity contribution in [2.45, 2.75) is 0 Å². The van der Waals surface area contributed by atoms with Gasteiger partial charge in [-0.2, -0.15) is 0 Å². The number of hydrogen-bond donors (Lipinski definition) is 0. The van der Waals surface area contributed by atoms with Crippen LogP contribution in [0.4, 0.5) is 0 Å². The van der Waals surface area contributed by atoms with E-state index in [9.17, 15) is 9.59 Å². The smallest absolute Gasteiger partial charge is 0.170 e. The van der Waals surface area contributed by atoms with Gasteiger partial charge in [0.1, 0.15) is 0 Å². The van der Waals surface area contributed by atoms with Crippen LogP contribution in [0, 0.1) is 0 Å². The molecule has 0 aromatic heterocycles.